The molecule has 2 rings (SSSR count). The number of nitrogens with zero attached hydrogens (tertiary/aromatic N) is 3. The first-order chi connectivity index (χ1) is 8.78. The second-order valence-electron chi connectivity index (χ2n) is 3.93. The summed E-state index contributed by atoms with van der Waals surface area (Å²) < 4.78 is 0. The lowest BCUT2D eigenvalue weighted by atomic mass is 10.3. The molecule has 0 radical (unpaired) electrons. The smallest absolute Gasteiger partial charge is 0.135 e. The van der Waals surface area contributed by atoms with Crippen molar-refractivity contribution in [2.75, 3.05) is 17.2 Å². The number of aromatic nitrogens is 3. The summed E-state index contributed by atoms with van der Waals surface area (Å²) in [6.07, 6.45) is 4.95. The Morgan fingerprint density at radius 1 is 1.22 bits per heavy atom. The van der Waals surface area contributed by atoms with Crippen LogP contribution in [0.1, 0.15) is 6.92 Å². The Kier molecular flexibility index (Phi) is 4.03. The fourth-order valence-electron chi connectivity index (χ4n) is 1.40. The van der Waals surface area contributed by atoms with E-state index in [1.807, 2.05) is 25.1 Å². The van der Waals surface area contributed by atoms with Crippen molar-refractivity contribution in [3.63, 3.8) is 0 Å². The molecule has 6 nitrogen and oxygen atoms in total. The molecule has 0 bridgehead atoms. The zero-order chi connectivity index (χ0) is 12.8. The minimum Gasteiger partial charge on any atom is -0.366 e. The number of pyridine rings is 1. The van der Waals surface area contributed by atoms with Crippen molar-refractivity contribution in [2.45, 2.75) is 13.0 Å². The first kappa shape index (κ1) is 12.3. The van der Waals surface area contributed by atoms with Crippen LogP contribution in [-0.4, -0.2) is 27.5 Å². The van der Waals surface area contributed by atoms with Gasteiger partial charge < -0.3 is 16.4 Å². The molecule has 2 heterocycles. The highest BCUT2D eigenvalue weighted by molar-refractivity contribution is 5.58. The average Bonchev–Trinajstić information content (AvgIpc) is 2.40. The van der Waals surface area contributed by atoms with Crippen LogP contribution in [0, 0.1) is 0 Å². The predicted molar refractivity (Wildman–Crippen MR) is 71.7 cm³/mol. The number of anilines is 3. The molecule has 0 fully saturated rings. The van der Waals surface area contributed by atoms with Gasteiger partial charge in [0, 0.05) is 36.7 Å². The second kappa shape index (κ2) is 5.92. The van der Waals surface area contributed by atoms with E-state index >= 15 is 0 Å². The summed E-state index contributed by atoms with van der Waals surface area (Å²) in [5.41, 5.74) is 6.48. The first-order valence-corrected chi connectivity index (χ1v) is 5.73. The maximum Gasteiger partial charge on any atom is 0.135 e. The number of hydrogen-bond acceptors (Lipinski definition) is 6. The van der Waals surface area contributed by atoms with Crippen molar-refractivity contribution in [2.24, 2.45) is 5.73 Å². The third-order valence-electron chi connectivity index (χ3n) is 2.37. The molecule has 0 amide bonds. The summed E-state index contributed by atoms with van der Waals surface area (Å²) >= 11 is 0. The third kappa shape index (κ3) is 3.39. The van der Waals surface area contributed by atoms with Gasteiger partial charge in [0.05, 0.1) is 0 Å². The van der Waals surface area contributed by atoms with Crippen LogP contribution < -0.4 is 16.4 Å². The van der Waals surface area contributed by atoms with Crippen molar-refractivity contribution in [1.82, 2.24) is 15.0 Å². The SMILES string of the molecule is CC(CN)Nc1cc(Nc2ccncc2)ncn1. The Bertz CT molecular complexity index is 487. The number of nitrogens with two attached hydrogens (primary N) is 1. The van der Waals surface area contributed by atoms with Gasteiger partial charge in [0.1, 0.15) is 18.0 Å². The Hall–Kier alpha value is -2.21. The van der Waals surface area contributed by atoms with Crippen LogP contribution in [0.5, 0.6) is 0 Å². The molecule has 0 aliphatic rings. The minimum absolute atomic E-state index is 0.175. The van der Waals surface area contributed by atoms with Gasteiger partial charge in [-0.2, -0.15) is 0 Å². The molecular weight excluding hydrogens is 228 g/mol. The molecule has 18 heavy (non-hydrogen) atoms. The summed E-state index contributed by atoms with van der Waals surface area (Å²) in [6, 6.07) is 5.76. The van der Waals surface area contributed by atoms with Crippen LogP contribution in [0.25, 0.3) is 0 Å². The van der Waals surface area contributed by atoms with Gasteiger partial charge in [-0.15, -0.1) is 0 Å². The Morgan fingerprint density at radius 2 is 1.94 bits per heavy atom. The summed E-state index contributed by atoms with van der Waals surface area (Å²) in [5, 5.41) is 6.36. The topological polar surface area (TPSA) is 88.8 Å². The first-order valence-electron chi connectivity index (χ1n) is 5.73. The van der Waals surface area contributed by atoms with Gasteiger partial charge in [-0.05, 0) is 19.1 Å². The van der Waals surface area contributed by atoms with E-state index in [1.54, 1.807) is 12.4 Å². The Morgan fingerprint density at radius 3 is 2.67 bits per heavy atom. The number of nitrogens with one attached hydrogen (secondary N) is 2. The molecule has 4 N–H and O–H groups in total. The summed E-state index contributed by atoms with van der Waals surface area (Å²) in [6.45, 7) is 2.55. The molecule has 0 saturated heterocycles. The molecule has 0 saturated carbocycles. The van der Waals surface area contributed by atoms with Crippen LogP contribution in [-0.2, 0) is 0 Å². The Labute approximate surface area is 106 Å². The molecular formula is C12H16N6. The van der Waals surface area contributed by atoms with Gasteiger partial charge in [0.15, 0.2) is 0 Å². The van der Waals surface area contributed by atoms with Gasteiger partial charge in [-0.25, -0.2) is 9.97 Å². The highest BCUT2D eigenvalue weighted by Crippen LogP contribution is 2.15. The second-order valence-corrected chi connectivity index (χ2v) is 3.93. The van der Waals surface area contributed by atoms with Gasteiger partial charge in [-0.1, -0.05) is 0 Å². The van der Waals surface area contributed by atoms with Crippen molar-refractivity contribution in [3.05, 3.63) is 36.9 Å². The van der Waals surface area contributed by atoms with E-state index in [2.05, 4.69) is 25.6 Å². The highest BCUT2D eigenvalue weighted by Gasteiger charge is 2.02. The van der Waals surface area contributed by atoms with Crippen molar-refractivity contribution in [1.29, 1.82) is 0 Å². The maximum absolute atomic E-state index is 5.55. The molecule has 0 aliphatic carbocycles. The zero-order valence-electron chi connectivity index (χ0n) is 10.2. The predicted octanol–water partition coefficient (Wildman–Crippen LogP) is 1.37. The molecule has 1 unspecified atom stereocenters. The minimum atomic E-state index is 0.175. The molecule has 6 heteroatoms. The fraction of sp³-hybridized carbons (Fsp3) is 0.250. The third-order valence-corrected chi connectivity index (χ3v) is 2.37. The van der Waals surface area contributed by atoms with Gasteiger partial charge >= 0.3 is 0 Å². The van der Waals surface area contributed by atoms with Gasteiger partial charge in [0.25, 0.3) is 0 Å². The van der Waals surface area contributed by atoms with Crippen LogP contribution >= 0.6 is 0 Å². The molecule has 0 aliphatic heterocycles. The molecule has 0 aromatic carbocycles. The van der Waals surface area contributed by atoms with Crippen LogP contribution in [0.15, 0.2) is 36.9 Å². The van der Waals surface area contributed by atoms with Gasteiger partial charge in [-0.3, -0.25) is 4.98 Å². The quantitative estimate of drug-likeness (QED) is 0.736. The Balaban J connectivity index is 2.08. The fourth-order valence-corrected chi connectivity index (χ4v) is 1.40. The zero-order valence-corrected chi connectivity index (χ0v) is 10.2. The van der Waals surface area contributed by atoms with Crippen LogP contribution in [0.3, 0.4) is 0 Å². The number of hydrogen-bond donors (Lipinski definition) is 3. The van der Waals surface area contributed by atoms with Crippen LogP contribution in [0.4, 0.5) is 17.3 Å². The van der Waals surface area contributed by atoms with E-state index in [9.17, 15) is 0 Å². The molecule has 0 spiro atoms. The van der Waals surface area contributed by atoms with E-state index in [0.717, 1.165) is 17.3 Å². The summed E-state index contributed by atoms with van der Waals surface area (Å²) in [7, 11) is 0. The van der Waals surface area contributed by atoms with E-state index in [-0.39, 0.29) is 6.04 Å². The lowest BCUT2D eigenvalue weighted by molar-refractivity contribution is 0.797. The van der Waals surface area contributed by atoms with E-state index in [1.165, 1.54) is 6.33 Å². The summed E-state index contributed by atoms with van der Waals surface area (Å²) in [4.78, 5) is 12.2. The standard InChI is InChI=1S/C12H16N6/c1-9(7-13)17-11-6-12(16-8-15-11)18-10-2-4-14-5-3-10/h2-6,8-9H,7,13H2,1H3,(H2,14,15,16,17,18). The van der Waals surface area contributed by atoms with E-state index in [0.29, 0.717) is 6.54 Å². The van der Waals surface area contributed by atoms with Gasteiger partial charge in [0.2, 0.25) is 0 Å². The van der Waals surface area contributed by atoms with E-state index < -0.39 is 0 Å². The van der Waals surface area contributed by atoms with Crippen molar-refractivity contribution < 1.29 is 0 Å². The highest BCUT2D eigenvalue weighted by atomic mass is 15.1. The monoisotopic (exact) mass is 244 g/mol. The summed E-state index contributed by atoms with van der Waals surface area (Å²) in [5.74, 6) is 1.47. The molecule has 1 atom stereocenters. The average molecular weight is 244 g/mol. The lowest BCUT2D eigenvalue weighted by Gasteiger charge is -2.12. The maximum atomic E-state index is 5.55. The van der Waals surface area contributed by atoms with Crippen molar-refractivity contribution >= 4 is 17.3 Å². The molecule has 2 aromatic rings. The normalized spacial score (nSPS) is 11.9. The molecule has 94 valence electrons. The van der Waals surface area contributed by atoms with E-state index in [4.69, 9.17) is 5.73 Å². The number of rotatable bonds is 5. The largest absolute Gasteiger partial charge is 0.366 e. The van der Waals surface area contributed by atoms with Crippen LogP contribution in [0.2, 0.25) is 0 Å². The lowest BCUT2D eigenvalue weighted by Crippen LogP contribution is -2.25. The van der Waals surface area contributed by atoms with Crippen molar-refractivity contribution in [3.8, 4) is 0 Å². The molecule has 2 aromatic heterocycles.